The molecule has 2 heterocycles. The normalized spacial score (nSPS) is 65.2. The van der Waals surface area contributed by atoms with E-state index < -0.39 is 0 Å². The molecule has 2 saturated carbocycles. The number of ether oxygens (including phenoxy) is 2. The van der Waals surface area contributed by atoms with Gasteiger partial charge in [0.2, 0.25) is 0 Å². The van der Waals surface area contributed by atoms with E-state index in [0.717, 1.165) is 13.2 Å². The summed E-state index contributed by atoms with van der Waals surface area (Å²) in [5, 5.41) is 0. The van der Waals surface area contributed by atoms with Crippen LogP contribution in [0, 0.1) is 23.7 Å². The Bertz CT molecular complexity index is 229. The van der Waals surface area contributed by atoms with Crippen molar-refractivity contribution in [2.45, 2.75) is 12.2 Å². The van der Waals surface area contributed by atoms with Gasteiger partial charge in [-0.3, -0.25) is 4.79 Å². The lowest BCUT2D eigenvalue weighted by Gasteiger charge is -2.18. The molecule has 0 aromatic rings. The second-order valence-electron chi connectivity index (χ2n) is 4.38. The zero-order valence-electron chi connectivity index (χ0n) is 6.60. The zero-order chi connectivity index (χ0) is 7.87. The summed E-state index contributed by atoms with van der Waals surface area (Å²) in [7, 11) is 0. The van der Waals surface area contributed by atoms with Gasteiger partial charge < -0.3 is 9.47 Å². The number of carbonyl (C=O) groups is 1. The highest BCUT2D eigenvalue weighted by Crippen LogP contribution is 2.59. The third kappa shape index (κ3) is 0.409. The van der Waals surface area contributed by atoms with E-state index in [1.54, 1.807) is 0 Å². The predicted molar refractivity (Wildman–Crippen MR) is 38.4 cm³/mol. The summed E-state index contributed by atoms with van der Waals surface area (Å²) in [4.78, 5) is 11.7. The van der Waals surface area contributed by atoms with E-state index in [0.29, 0.717) is 17.6 Å². The summed E-state index contributed by atoms with van der Waals surface area (Å²) in [6.45, 7) is 1.62. The Balaban J connectivity index is 1.96. The summed E-state index contributed by atoms with van der Waals surface area (Å²) in [5.41, 5.74) is 0. The fourth-order valence-electron chi connectivity index (χ4n) is 3.69. The van der Waals surface area contributed by atoms with Crippen LogP contribution in [0.4, 0.5) is 0 Å². The molecule has 3 heteroatoms. The summed E-state index contributed by atoms with van der Waals surface area (Å²) in [6, 6.07) is 0. The van der Waals surface area contributed by atoms with Gasteiger partial charge in [-0.2, -0.15) is 0 Å². The third-order valence-electron chi connectivity index (χ3n) is 4.12. The van der Waals surface area contributed by atoms with Crippen molar-refractivity contribution in [3.8, 4) is 0 Å². The van der Waals surface area contributed by atoms with E-state index in [9.17, 15) is 4.79 Å². The van der Waals surface area contributed by atoms with Gasteiger partial charge in [0.05, 0.1) is 37.3 Å². The topological polar surface area (TPSA) is 35.5 Å². The van der Waals surface area contributed by atoms with Crippen LogP contribution >= 0.6 is 0 Å². The van der Waals surface area contributed by atoms with Crippen molar-refractivity contribution in [3.63, 3.8) is 0 Å². The molecule has 0 amide bonds. The minimum absolute atomic E-state index is 0.131. The van der Waals surface area contributed by atoms with Gasteiger partial charge in [-0.05, 0) is 0 Å². The van der Waals surface area contributed by atoms with Crippen molar-refractivity contribution in [2.24, 2.45) is 23.7 Å². The number of hydrogen-bond acceptors (Lipinski definition) is 3. The van der Waals surface area contributed by atoms with Gasteiger partial charge in [0, 0.05) is 11.8 Å². The highest BCUT2D eigenvalue weighted by molar-refractivity contribution is 5.91. The first kappa shape index (κ1) is 6.11. The van der Waals surface area contributed by atoms with Crippen molar-refractivity contribution in [1.82, 2.24) is 0 Å². The Kier molecular flexibility index (Phi) is 0.820. The monoisotopic (exact) mass is 166 g/mol. The molecule has 64 valence electrons. The lowest BCUT2D eigenvalue weighted by atomic mass is 9.82. The molecule has 2 aliphatic heterocycles. The van der Waals surface area contributed by atoms with Crippen LogP contribution in [0.3, 0.4) is 0 Å². The van der Waals surface area contributed by atoms with Crippen LogP contribution in [0.2, 0.25) is 0 Å². The maximum atomic E-state index is 11.7. The van der Waals surface area contributed by atoms with E-state index in [-0.39, 0.29) is 24.0 Å². The highest BCUT2D eigenvalue weighted by atomic mass is 16.6. The Hall–Kier alpha value is -0.410. The van der Waals surface area contributed by atoms with E-state index in [4.69, 9.17) is 9.47 Å². The predicted octanol–water partition coefficient (Wildman–Crippen LogP) is -0.155. The molecule has 4 aliphatic rings. The maximum Gasteiger partial charge on any atom is 0.145 e. The molecule has 0 radical (unpaired) electrons. The Morgan fingerprint density at radius 2 is 1.50 bits per heavy atom. The molecule has 0 unspecified atom stereocenters. The highest BCUT2D eigenvalue weighted by Gasteiger charge is 2.70. The largest absolute Gasteiger partial charge is 0.374 e. The van der Waals surface area contributed by atoms with E-state index in [2.05, 4.69) is 0 Å². The second-order valence-corrected chi connectivity index (χ2v) is 4.38. The van der Waals surface area contributed by atoms with E-state index in [1.165, 1.54) is 0 Å². The lowest BCUT2D eigenvalue weighted by Crippen LogP contribution is -2.30. The number of carbonyl (C=O) groups excluding carboxylic acids is 1. The van der Waals surface area contributed by atoms with Gasteiger partial charge in [-0.25, -0.2) is 0 Å². The summed E-state index contributed by atoms with van der Waals surface area (Å²) >= 11 is 0. The van der Waals surface area contributed by atoms with Crippen LogP contribution < -0.4 is 0 Å². The third-order valence-corrected chi connectivity index (χ3v) is 4.12. The molecular formula is C9H10O3. The van der Waals surface area contributed by atoms with Gasteiger partial charge in [0.1, 0.15) is 5.78 Å². The molecule has 2 saturated heterocycles. The Morgan fingerprint density at radius 3 is 2.00 bits per heavy atom. The molecule has 0 aromatic carbocycles. The van der Waals surface area contributed by atoms with Crippen LogP contribution in [0.1, 0.15) is 0 Å². The summed E-state index contributed by atoms with van der Waals surface area (Å²) in [6.07, 6.45) is 0.262. The smallest absolute Gasteiger partial charge is 0.145 e. The molecule has 12 heavy (non-hydrogen) atoms. The first-order valence-electron chi connectivity index (χ1n) is 4.65. The van der Waals surface area contributed by atoms with Gasteiger partial charge in [0.15, 0.2) is 0 Å². The van der Waals surface area contributed by atoms with Gasteiger partial charge in [0.25, 0.3) is 0 Å². The van der Waals surface area contributed by atoms with Gasteiger partial charge in [-0.15, -0.1) is 0 Å². The molecule has 0 spiro atoms. The number of fused-ring (bicyclic) bond motifs is 2. The number of rotatable bonds is 0. The molecule has 2 aliphatic carbocycles. The van der Waals surface area contributed by atoms with Crippen LogP contribution in [0.5, 0.6) is 0 Å². The first-order chi connectivity index (χ1) is 5.88. The SMILES string of the molecule is O=C1[C@H]2[C@H]3CO[C@@H]2[C@@H]2OC[C@H]3[C@H]12. The first-order valence-corrected chi connectivity index (χ1v) is 4.65. The number of Topliss-reactive ketones (excluding diaryl/α,β-unsaturated/α-hetero) is 1. The van der Waals surface area contributed by atoms with E-state index >= 15 is 0 Å². The number of hydrogen-bond donors (Lipinski definition) is 0. The molecule has 4 fully saturated rings. The molecule has 3 nitrogen and oxygen atoms in total. The van der Waals surface area contributed by atoms with Crippen LogP contribution in [0.25, 0.3) is 0 Å². The Labute approximate surface area is 70.0 Å². The van der Waals surface area contributed by atoms with E-state index in [1.807, 2.05) is 0 Å². The minimum Gasteiger partial charge on any atom is -0.374 e. The molecule has 0 aromatic heterocycles. The van der Waals surface area contributed by atoms with Crippen molar-refractivity contribution in [1.29, 1.82) is 0 Å². The van der Waals surface area contributed by atoms with Crippen molar-refractivity contribution in [2.75, 3.05) is 13.2 Å². The summed E-state index contributed by atoms with van der Waals surface area (Å²) < 4.78 is 11.2. The zero-order valence-corrected chi connectivity index (χ0v) is 6.60. The second kappa shape index (κ2) is 1.61. The molecule has 6 atom stereocenters. The van der Waals surface area contributed by atoms with Gasteiger partial charge in [-0.1, -0.05) is 0 Å². The van der Waals surface area contributed by atoms with Crippen molar-refractivity contribution >= 4 is 5.78 Å². The average Bonchev–Trinajstić information content (AvgIpc) is 2.62. The minimum atomic E-state index is 0.131. The fraction of sp³-hybridized carbons (Fsp3) is 0.889. The quantitative estimate of drug-likeness (QED) is 0.502. The standard InChI is InChI=1S/C9H10O3/c10-7-5-3-1-11-8(5)9-6(7)4(3)2-12-9/h3-6,8-9H,1-2H2/t3-,4+,5-,6-,8-,9+/m1/s1. The fourth-order valence-corrected chi connectivity index (χ4v) is 3.69. The molecular weight excluding hydrogens is 156 g/mol. The molecule has 4 rings (SSSR count). The van der Waals surface area contributed by atoms with Gasteiger partial charge >= 0.3 is 0 Å². The van der Waals surface area contributed by atoms with Crippen molar-refractivity contribution < 1.29 is 14.3 Å². The molecule has 2 bridgehead atoms. The van der Waals surface area contributed by atoms with Crippen LogP contribution in [-0.4, -0.2) is 31.2 Å². The van der Waals surface area contributed by atoms with Crippen LogP contribution in [0.15, 0.2) is 0 Å². The molecule has 0 N–H and O–H groups in total. The summed E-state index contributed by atoms with van der Waals surface area (Å²) in [5.74, 6) is 1.88. The van der Waals surface area contributed by atoms with Crippen molar-refractivity contribution in [3.05, 3.63) is 0 Å². The number of ketones is 1. The van der Waals surface area contributed by atoms with Crippen LogP contribution in [-0.2, 0) is 14.3 Å². The Morgan fingerprint density at radius 1 is 1.00 bits per heavy atom. The average molecular weight is 166 g/mol. The maximum absolute atomic E-state index is 11.7. The lowest BCUT2D eigenvalue weighted by molar-refractivity contribution is -0.122.